The van der Waals surface area contributed by atoms with Crippen LogP contribution in [0.3, 0.4) is 0 Å². The van der Waals surface area contributed by atoms with Crippen LogP contribution in [0.1, 0.15) is 34.6 Å². The highest BCUT2D eigenvalue weighted by atomic mass is 32.1. The summed E-state index contributed by atoms with van der Waals surface area (Å²) in [5.41, 5.74) is -1.06. The Morgan fingerprint density at radius 1 is 1.14 bits per heavy atom. The molecule has 0 spiro atoms. The molecule has 29 heavy (non-hydrogen) atoms. The number of ether oxygens (including phenoxy) is 1. The van der Waals surface area contributed by atoms with Crippen molar-refractivity contribution in [1.82, 2.24) is 15.6 Å². The van der Waals surface area contributed by atoms with Crippen LogP contribution in [0.25, 0.3) is 10.2 Å². The second-order valence-corrected chi connectivity index (χ2v) is 8.96. The lowest BCUT2D eigenvalue weighted by Crippen LogP contribution is -2.55. The van der Waals surface area contributed by atoms with Crippen molar-refractivity contribution in [2.75, 3.05) is 11.9 Å². The van der Waals surface area contributed by atoms with Gasteiger partial charge in [0.1, 0.15) is 11.3 Å². The van der Waals surface area contributed by atoms with Crippen LogP contribution in [0.2, 0.25) is 0 Å². The largest absolute Gasteiger partial charge is 0.573 e. The predicted molar refractivity (Wildman–Crippen MR) is 105 cm³/mol. The van der Waals surface area contributed by atoms with Crippen LogP contribution in [0, 0.1) is 0 Å². The molecule has 0 aliphatic rings. The number of hydrogen-bond acceptors (Lipinski definition) is 6. The minimum atomic E-state index is -4.79. The van der Waals surface area contributed by atoms with Gasteiger partial charge in [0, 0.05) is 11.6 Å². The van der Waals surface area contributed by atoms with Gasteiger partial charge in [-0.05, 0) is 46.8 Å². The Kier molecular flexibility index (Phi) is 6.43. The second-order valence-electron chi connectivity index (χ2n) is 7.93. The Morgan fingerprint density at radius 3 is 2.38 bits per heavy atom. The van der Waals surface area contributed by atoms with E-state index in [-0.39, 0.29) is 28.9 Å². The summed E-state index contributed by atoms with van der Waals surface area (Å²) in [4.78, 5) is 28.8. The molecule has 0 bridgehead atoms. The summed E-state index contributed by atoms with van der Waals surface area (Å²) in [5, 5.41) is 8.45. The van der Waals surface area contributed by atoms with Gasteiger partial charge in [0.15, 0.2) is 5.13 Å². The minimum absolute atomic E-state index is 0.0450. The Morgan fingerprint density at radius 2 is 1.79 bits per heavy atom. The zero-order chi connectivity index (χ0) is 22.0. The fourth-order valence-electron chi connectivity index (χ4n) is 2.20. The number of nitrogens with zero attached hydrogens (tertiary/aromatic N) is 1. The van der Waals surface area contributed by atoms with Gasteiger partial charge < -0.3 is 15.4 Å². The Bertz CT molecular complexity index is 904. The first-order chi connectivity index (χ1) is 13.1. The first-order valence-electron chi connectivity index (χ1n) is 8.68. The maximum atomic E-state index is 12.5. The van der Waals surface area contributed by atoms with Gasteiger partial charge in [0.2, 0.25) is 5.91 Å². The van der Waals surface area contributed by atoms with Crippen molar-refractivity contribution in [3.8, 4) is 5.75 Å². The van der Waals surface area contributed by atoms with Crippen molar-refractivity contribution in [2.45, 2.75) is 52.1 Å². The maximum Gasteiger partial charge on any atom is 0.573 e. The number of carbonyl (C=O) groups is 2. The molecule has 2 rings (SSSR count). The highest BCUT2D eigenvalue weighted by Crippen LogP contribution is 2.31. The van der Waals surface area contributed by atoms with E-state index in [1.54, 1.807) is 13.8 Å². The van der Waals surface area contributed by atoms with Crippen molar-refractivity contribution >= 4 is 38.5 Å². The van der Waals surface area contributed by atoms with Crippen molar-refractivity contribution < 1.29 is 27.5 Å². The summed E-state index contributed by atoms with van der Waals surface area (Å²) < 4.78 is 41.3. The number of nitrogens with one attached hydrogen (secondary N) is 3. The van der Waals surface area contributed by atoms with Gasteiger partial charge in [0.05, 0.1) is 16.8 Å². The third kappa shape index (κ3) is 7.17. The number of alkyl halides is 3. The number of rotatable bonds is 6. The zero-order valence-corrected chi connectivity index (χ0v) is 17.5. The van der Waals surface area contributed by atoms with Gasteiger partial charge in [-0.2, -0.15) is 0 Å². The summed E-state index contributed by atoms with van der Waals surface area (Å²) in [6, 6.07) is 3.71. The molecule has 0 fully saturated rings. The van der Waals surface area contributed by atoms with E-state index >= 15 is 0 Å². The highest BCUT2D eigenvalue weighted by molar-refractivity contribution is 7.22. The van der Waals surface area contributed by atoms with Crippen LogP contribution >= 0.6 is 11.3 Å². The average Bonchev–Trinajstić information content (AvgIpc) is 2.91. The fourth-order valence-corrected chi connectivity index (χ4v) is 3.09. The standard InChI is InChI=1S/C18H23F3N4O3S/c1-16(2,3)22-9-13(26)25-17(4,5)14(27)24-15-23-11-7-6-10(8-12(11)29-15)28-18(19,20)21/h6-8,22H,9H2,1-5H3,(H,25,26)(H,23,24,27). The van der Waals surface area contributed by atoms with Gasteiger partial charge in [-0.1, -0.05) is 11.3 Å². The number of thiazole rings is 1. The van der Waals surface area contributed by atoms with Gasteiger partial charge in [-0.15, -0.1) is 13.2 Å². The smallest absolute Gasteiger partial charge is 0.406 e. The van der Waals surface area contributed by atoms with E-state index in [1.807, 2.05) is 20.8 Å². The van der Waals surface area contributed by atoms with E-state index < -0.39 is 17.8 Å². The van der Waals surface area contributed by atoms with E-state index in [9.17, 15) is 22.8 Å². The molecule has 7 nitrogen and oxygen atoms in total. The lowest BCUT2D eigenvalue weighted by molar-refractivity contribution is -0.274. The monoisotopic (exact) mass is 432 g/mol. The van der Waals surface area contributed by atoms with Crippen LogP contribution in [0.5, 0.6) is 5.75 Å². The molecule has 11 heteroatoms. The van der Waals surface area contributed by atoms with Gasteiger partial charge in [-0.3, -0.25) is 14.9 Å². The molecular formula is C18H23F3N4O3S. The molecule has 2 amide bonds. The molecule has 160 valence electrons. The third-order valence-electron chi connectivity index (χ3n) is 3.61. The van der Waals surface area contributed by atoms with Gasteiger partial charge >= 0.3 is 6.36 Å². The van der Waals surface area contributed by atoms with Crippen molar-refractivity contribution in [2.24, 2.45) is 0 Å². The van der Waals surface area contributed by atoms with Crippen LogP contribution in [-0.2, 0) is 9.59 Å². The molecular weight excluding hydrogens is 409 g/mol. The Hall–Kier alpha value is -2.40. The third-order valence-corrected chi connectivity index (χ3v) is 4.55. The van der Waals surface area contributed by atoms with Crippen LogP contribution < -0.4 is 20.7 Å². The van der Waals surface area contributed by atoms with E-state index in [0.717, 1.165) is 17.4 Å². The van der Waals surface area contributed by atoms with Crippen molar-refractivity contribution in [3.63, 3.8) is 0 Å². The summed E-state index contributed by atoms with van der Waals surface area (Å²) in [5.74, 6) is -1.23. The lowest BCUT2D eigenvalue weighted by atomic mass is 10.0. The van der Waals surface area contributed by atoms with E-state index in [0.29, 0.717) is 10.2 Å². The van der Waals surface area contributed by atoms with Gasteiger partial charge in [-0.25, -0.2) is 4.98 Å². The number of aromatic nitrogens is 1. The number of carbonyl (C=O) groups excluding carboxylic acids is 2. The SMILES string of the molecule is CC(C)(C)NCC(=O)NC(C)(C)C(=O)Nc1nc2ccc(OC(F)(F)F)cc2s1. The predicted octanol–water partition coefficient (Wildman–Crippen LogP) is 3.42. The topological polar surface area (TPSA) is 92.4 Å². The number of hydrogen-bond donors (Lipinski definition) is 3. The Labute approximate surface area is 170 Å². The highest BCUT2D eigenvalue weighted by Gasteiger charge is 2.32. The average molecular weight is 432 g/mol. The quantitative estimate of drug-likeness (QED) is 0.651. The number of halogens is 3. The molecule has 2 aromatic rings. The minimum Gasteiger partial charge on any atom is -0.406 e. The molecule has 0 saturated carbocycles. The maximum absolute atomic E-state index is 12.5. The molecule has 0 saturated heterocycles. The van der Waals surface area contributed by atoms with Crippen LogP contribution in [-0.4, -0.2) is 40.8 Å². The first kappa shape index (κ1) is 22.9. The molecule has 3 N–H and O–H groups in total. The van der Waals surface area contributed by atoms with Crippen LogP contribution in [0.4, 0.5) is 18.3 Å². The summed E-state index contributed by atoms with van der Waals surface area (Å²) in [6.45, 7) is 8.87. The molecule has 0 aliphatic heterocycles. The molecule has 1 heterocycles. The number of benzene rings is 1. The fraction of sp³-hybridized carbons (Fsp3) is 0.500. The second kappa shape index (κ2) is 8.15. The zero-order valence-electron chi connectivity index (χ0n) is 16.7. The molecule has 0 unspecified atom stereocenters. The Balaban J connectivity index is 2.05. The molecule has 1 aromatic heterocycles. The lowest BCUT2D eigenvalue weighted by Gasteiger charge is -2.26. The molecule has 0 radical (unpaired) electrons. The van der Waals surface area contributed by atoms with E-state index in [1.165, 1.54) is 12.1 Å². The van der Waals surface area contributed by atoms with Crippen LogP contribution in [0.15, 0.2) is 18.2 Å². The van der Waals surface area contributed by atoms with Gasteiger partial charge in [0.25, 0.3) is 5.91 Å². The molecule has 0 atom stereocenters. The number of fused-ring (bicyclic) bond motifs is 1. The normalized spacial score (nSPS) is 12.7. The number of anilines is 1. The van der Waals surface area contributed by atoms with Crippen molar-refractivity contribution in [3.05, 3.63) is 18.2 Å². The summed E-state index contributed by atoms with van der Waals surface area (Å²) >= 11 is 0.999. The van der Waals surface area contributed by atoms with E-state index in [4.69, 9.17) is 0 Å². The van der Waals surface area contributed by atoms with Crippen molar-refractivity contribution in [1.29, 1.82) is 0 Å². The molecule has 0 aliphatic carbocycles. The summed E-state index contributed by atoms with van der Waals surface area (Å²) in [7, 11) is 0. The number of amides is 2. The molecule has 1 aromatic carbocycles. The first-order valence-corrected chi connectivity index (χ1v) is 9.50. The summed E-state index contributed by atoms with van der Waals surface area (Å²) in [6.07, 6.45) is -4.79. The van der Waals surface area contributed by atoms with E-state index in [2.05, 4.69) is 25.7 Å².